The van der Waals surface area contributed by atoms with Crippen LogP contribution in [0.3, 0.4) is 0 Å². The van der Waals surface area contributed by atoms with Crippen molar-refractivity contribution in [2.45, 2.75) is 76.9 Å². The third kappa shape index (κ3) is 5.30. The van der Waals surface area contributed by atoms with Crippen LogP contribution in [0.4, 0.5) is 13.2 Å². The second-order valence-electron chi connectivity index (χ2n) is 13.9. The molecule has 10 nitrogen and oxygen atoms in total. The molecule has 0 spiro atoms. The van der Waals surface area contributed by atoms with Crippen LogP contribution in [0.5, 0.6) is 5.75 Å². The zero-order valence-corrected chi connectivity index (χ0v) is 26.0. The van der Waals surface area contributed by atoms with E-state index in [4.69, 9.17) is 5.73 Å². The molecule has 4 aliphatic carbocycles. The van der Waals surface area contributed by atoms with Gasteiger partial charge in [-0.2, -0.15) is 13.2 Å². The van der Waals surface area contributed by atoms with Crippen molar-refractivity contribution in [3.63, 3.8) is 0 Å². The van der Waals surface area contributed by atoms with Crippen LogP contribution in [-0.2, 0) is 38.3 Å². The van der Waals surface area contributed by atoms with E-state index in [9.17, 15) is 47.4 Å². The molecule has 7 atom stereocenters. The Morgan fingerprint density at radius 2 is 1.73 bits per heavy atom. The van der Waals surface area contributed by atoms with Gasteiger partial charge in [0.25, 0.3) is 0 Å². The van der Waals surface area contributed by atoms with Crippen molar-refractivity contribution in [1.82, 2.24) is 9.80 Å². The first kappa shape index (κ1) is 33.2. The van der Waals surface area contributed by atoms with Crippen molar-refractivity contribution in [2.24, 2.45) is 41.2 Å². The number of likely N-dealkylation sites (N-methyl/N-ethyl adjacent to an activating group) is 1. The minimum atomic E-state index is -4.91. The highest BCUT2D eigenvalue weighted by Crippen LogP contribution is 2.53. The summed E-state index contributed by atoms with van der Waals surface area (Å²) in [4.78, 5) is 70.0. The molecular weight excluding hydrogens is 595 g/mol. The molecule has 45 heavy (non-hydrogen) atoms. The Hall–Kier alpha value is -3.16. The zero-order chi connectivity index (χ0) is 33.5. The lowest BCUT2D eigenvalue weighted by Crippen LogP contribution is -2.74. The SMILES string of the molecule is CC(C)[C@@H](C)N(Cc1cc(O)c2c(c1C(F)(F)F)C[C@H]1C[C@H]3[C@H](N(C)C)C(=O)C(C(N)=O)C(=O)[C@@]3(O)C(=O)C1C2=O)CC1CC1. The van der Waals surface area contributed by atoms with Gasteiger partial charge >= 0.3 is 6.18 Å². The highest BCUT2D eigenvalue weighted by atomic mass is 19.4. The second kappa shape index (κ2) is 11.3. The molecule has 3 saturated carbocycles. The van der Waals surface area contributed by atoms with E-state index < -0.39 is 99.4 Å². The van der Waals surface area contributed by atoms with Crippen LogP contribution in [0, 0.1) is 35.5 Å². The van der Waals surface area contributed by atoms with Gasteiger partial charge in [0, 0.05) is 25.0 Å². The number of phenolic OH excluding ortho intramolecular Hbond substituents is 1. The zero-order valence-electron chi connectivity index (χ0n) is 26.0. The Kier molecular flexibility index (Phi) is 8.32. The van der Waals surface area contributed by atoms with Crippen molar-refractivity contribution in [2.75, 3.05) is 20.6 Å². The van der Waals surface area contributed by atoms with Gasteiger partial charge in [0.05, 0.1) is 23.1 Å². The number of aromatic hydroxyl groups is 1. The van der Waals surface area contributed by atoms with E-state index >= 15 is 0 Å². The number of hydrogen-bond acceptors (Lipinski definition) is 9. The summed E-state index contributed by atoms with van der Waals surface area (Å²) in [6, 6.07) is -0.479. The molecule has 2 unspecified atom stereocenters. The van der Waals surface area contributed by atoms with Gasteiger partial charge in [-0.15, -0.1) is 0 Å². The van der Waals surface area contributed by atoms with E-state index in [1.165, 1.54) is 19.0 Å². The summed E-state index contributed by atoms with van der Waals surface area (Å²) in [6.45, 7) is 6.38. The first-order valence-electron chi connectivity index (χ1n) is 15.4. The van der Waals surface area contributed by atoms with Crippen molar-refractivity contribution in [3.8, 4) is 5.75 Å². The summed E-state index contributed by atoms with van der Waals surface area (Å²) < 4.78 is 44.8. The Morgan fingerprint density at radius 3 is 2.24 bits per heavy atom. The van der Waals surface area contributed by atoms with Gasteiger partial charge in [0.2, 0.25) is 5.91 Å². The molecule has 1 amide bonds. The molecule has 1 aromatic carbocycles. The molecule has 0 heterocycles. The number of fused-ring (bicyclic) bond motifs is 3. The lowest BCUT2D eigenvalue weighted by Gasteiger charge is -2.52. The van der Waals surface area contributed by atoms with E-state index in [0.717, 1.165) is 18.9 Å². The molecule has 3 fully saturated rings. The number of hydrogen-bond donors (Lipinski definition) is 3. The topological polar surface area (TPSA) is 158 Å². The molecule has 5 rings (SSSR count). The summed E-state index contributed by atoms with van der Waals surface area (Å²) >= 11 is 0. The van der Waals surface area contributed by atoms with E-state index in [1.54, 1.807) is 0 Å². The summed E-state index contributed by atoms with van der Waals surface area (Å²) in [5, 5.41) is 22.8. The maximum Gasteiger partial charge on any atom is 0.417 e. The summed E-state index contributed by atoms with van der Waals surface area (Å²) in [6.07, 6.45) is -3.72. The number of nitrogens with two attached hydrogens (primary N) is 1. The van der Waals surface area contributed by atoms with Crippen molar-refractivity contribution < 1.29 is 47.4 Å². The molecule has 1 aromatic rings. The van der Waals surface area contributed by atoms with E-state index in [1.807, 2.05) is 25.7 Å². The van der Waals surface area contributed by atoms with Crippen LogP contribution in [0.2, 0.25) is 0 Å². The third-order valence-corrected chi connectivity index (χ3v) is 10.5. The monoisotopic (exact) mass is 635 g/mol. The van der Waals surface area contributed by atoms with Crippen molar-refractivity contribution >= 4 is 29.0 Å². The third-order valence-electron chi connectivity index (χ3n) is 10.5. The van der Waals surface area contributed by atoms with Gasteiger partial charge in [-0.3, -0.25) is 33.8 Å². The lowest BCUT2D eigenvalue weighted by molar-refractivity contribution is -0.181. The fourth-order valence-electron chi connectivity index (χ4n) is 7.87. The highest BCUT2D eigenvalue weighted by Gasteiger charge is 2.69. The Bertz CT molecular complexity index is 1470. The molecule has 246 valence electrons. The van der Waals surface area contributed by atoms with Crippen LogP contribution in [0.15, 0.2) is 6.07 Å². The molecule has 0 aliphatic heterocycles. The molecule has 4 aliphatic rings. The number of carbonyl (C=O) groups is 5. The molecule has 0 radical (unpaired) electrons. The highest BCUT2D eigenvalue weighted by molar-refractivity contribution is 6.32. The molecule has 0 saturated heterocycles. The number of halogens is 3. The number of Topliss-reactive ketones (excluding diaryl/α,β-unsaturated/α-hetero) is 4. The maximum atomic E-state index is 14.9. The predicted molar refractivity (Wildman–Crippen MR) is 154 cm³/mol. The minimum absolute atomic E-state index is 0.0712. The van der Waals surface area contributed by atoms with E-state index in [0.29, 0.717) is 12.5 Å². The second-order valence-corrected chi connectivity index (χ2v) is 13.9. The number of rotatable bonds is 8. The fraction of sp³-hybridized carbons (Fsp3) is 0.656. The Labute approximate surface area is 259 Å². The van der Waals surface area contributed by atoms with Crippen molar-refractivity contribution in [1.29, 1.82) is 0 Å². The fourth-order valence-corrected chi connectivity index (χ4v) is 7.87. The van der Waals surface area contributed by atoms with Crippen LogP contribution >= 0.6 is 0 Å². The Morgan fingerprint density at radius 1 is 1.11 bits per heavy atom. The summed E-state index contributed by atoms with van der Waals surface area (Å²) in [5.41, 5.74) is 0.0452. The Balaban J connectivity index is 1.63. The van der Waals surface area contributed by atoms with Crippen molar-refractivity contribution in [3.05, 3.63) is 28.3 Å². The van der Waals surface area contributed by atoms with Crippen LogP contribution in [0.1, 0.15) is 67.1 Å². The van der Waals surface area contributed by atoms with Crippen LogP contribution in [0.25, 0.3) is 0 Å². The molecular formula is C32H40F3N3O7. The quantitative estimate of drug-likeness (QED) is 0.364. The standard InChI is InChI=1S/C32H40F3N3O7/c1-13(2)14(3)38(11-15-6-7-15)12-17-10-20(39)22-18(24(17)32(33,34)35)8-16-9-19-25(37(4)5)27(41)23(30(36)44)29(43)31(19,45)28(42)21(16)26(22)40/h10,13-16,19,21,23,25,39,45H,6-9,11-12H2,1-5H3,(H2,36,44)/t14-,16+,19+,21?,23?,25+,31+/m1/s1. The first-order chi connectivity index (χ1) is 20.8. The number of aliphatic hydroxyl groups is 1. The number of carbonyl (C=O) groups excluding carboxylic acids is 5. The molecule has 13 heteroatoms. The first-order valence-corrected chi connectivity index (χ1v) is 15.4. The van der Waals surface area contributed by atoms with Gasteiger partial charge in [-0.25, -0.2) is 0 Å². The molecule has 4 N–H and O–H groups in total. The number of amides is 1. The minimum Gasteiger partial charge on any atom is -0.507 e. The normalized spacial score (nSPS) is 30.9. The number of benzene rings is 1. The average Bonchev–Trinajstić information content (AvgIpc) is 3.72. The lowest BCUT2D eigenvalue weighted by atomic mass is 9.52. The van der Waals surface area contributed by atoms with Crippen LogP contribution in [-0.4, -0.2) is 87.4 Å². The smallest absolute Gasteiger partial charge is 0.417 e. The largest absolute Gasteiger partial charge is 0.507 e. The average molecular weight is 636 g/mol. The van der Waals surface area contributed by atoms with Crippen LogP contribution < -0.4 is 5.73 Å². The number of nitrogens with zero attached hydrogens (tertiary/aromatic N) is 2. The van der Waals surface area contributed by atoms with Gasteiger partial charge in [-0.1, -0.05) is 13.8 Å². The maximum absolute atomic E-state index is 14.9. The van der Waals surface area contributed by atoms with Gasteiger partial charge in [0.1, 0.15) is 5.75 Å². The number of ketones is 4. The van der Waals surface area contributed by atoms with Gasteiger partial charge in [-0.05, 0) is 81.6 Å². The number of alkyl halides is 3. The molecule has 0 bridgehead atoms. The van der Waals surface area contributed by atoms with E-state index in [-0.39, 0.29) is 30.5 Å². The van der Waals surface area contributed by atoms with Gasteiger partial charge < -0.3 is 15.9 Å². The van der Waals surface area contributed by atoms with Gasteiger partial charge in [0.15, 0.2) is 34.7 Å². The number of phenols is 1. The number of primary amides is 1. The summed E-state index contributed by atoms with van der Waals surface area (Å²) in [5.74, 6) is -12.8. The summed E-state index contributed by atoms with van der Waals surface area (Å²) in [7, 11) is 2.87. The molecule has 0 aromatic heterocycles. The van der Waals surface area contributed by atoms with E-state index in [2.05, 4.69) is 0 Å². The predicted octanol–water partition coefficient (Wildman–Crippen LogP) is 2.14.